The molecule has 6 nitrogen and oxygen atoms in total. The largest absolute Gasteiger partial charge is 0.444 e. The molecule has 0 unspecified atom stereocenters. The van der Waals surface area contributed by atoms with E-state index in [1.165, 1.54) is 18.4 Å². The van der Waals surface area contributed by atoms with Crippen molar-refractivity contribution in [2.75, 3.05) is 13.1 Å². The Labute approximate surface area is 138 Å². The van der Waals surface area contributed by atoms with E-state index in [9.17, 15) is 9.59 Å². The standard InChI is InChI=1S/C17H29N3O3/c1-12(13-5-6-13)11-18-15(21)19-14-7-9-20(10-8-14)16(22)23-17(2,3)4/h11,13-14H,5-10H2,1-4H3,(H2,18,19,21)/b12-11+. The molecule has 1 heterocycles. The van der Waals surface area contributed by atoms with Gasteiger partial charge in [0.05, 0.1) is 0 Å². The van der Waals surface area contributed by atoms with Crippen LogP contribution in [-0.2, 0) is 4.74 Å². The van der Waals surface area contributed by atoms with E-state index >= 15 is 0 Å². The molecule has 130 valence electrons. The van der Waals surface area contributed by atoms with Crippen molar-refractivity contribution in [3.8, 4) is 0 Å². The van der Waals surface area contributed by atoms with Crippen molar-refractivity contribution < 1.29 is 14.3 Å². The van der Waals surface area contributed by atoms with Gasteiger partial charge >= 0.3 is 12.1 Å². The lowest BCUT2D eigenvalue weighted by Gasteiger charge is -2.33. The maximum Gasteiger partial charge on any atom is 0.410 e. The highest BCUT2D eigenvalue weighted by Gasteiger charge is 2.27. The first kappa shape index (κ1) is 17.6. The molecule has 2 aliphatic rings. The number of rotatable bonds is 3. The Hall–Kier alpha value is -1.72. The third-order valence-corrected chi connectivity index (χ3v) is 4.13. The molecule has 0 radical (unpaired) electrons. The lowest BCUT2D eigenvalue weighted by atomic mass is 10.1. The van der Waals surface area contributed by atoms with Crippen LogP contribution in [0.15, 0.2) is 11.8 Å². The van der Waals surface area contributed by atoms with Crippen molar-refractivity contribution in [3.63, 3.8) is 0 Å². The van der Waals surface area contributed by atoms with Gasteiger partial charge in [-0.25, -0.2) is 9.59 Å². The summed E-state index contributed by atoms with van der Waals surface area (Å²) in [5, 5.41) is 5.77. The van der Waals surface area contributed by atoms with Gasteiger partial charge in [-0.2, -0.15) is 0 Å². The quantitative estimate of drug-likeness (QED) is 0.839. The summed E-state index contributed by atoms with van der Waals surface area (Å²) in [5.41, 5.74) is 0.762. The topological polar surface area (TPSA) is 70.7 Å². The lowest BCUT2D eigenvalue weighted by molar-refractivity contribution is 0.0201. The number of allylic oxidation sites excluding steroid dienone is 1. The molecule has 1 saturated heterocycles. The van der Waals surface area contributed by atoms with Gasteiger partial charge in [-0.15, -0.1) is 0 Å². The number of ether oxygens (including phenoxy) is 1. The fraction of sp³-hybridized carbons (Fsp3) is 0.765. The summed E-state index contributed by atoms with van der Waals surface area (Å²) in [6.45, 7) is 8.85. The number of nitrogens with one attached hydrogen (secondary N) is 2. The zero-order valence-corrected chi connectivity index (χ0v) is 14.6. The number of likely N-dealkylation sites (tertiary alicyclic amines) is 1. The Balaban J connectivity index is 1.68. The van der Waals surface area contributed by atoms with Gasteiger partial charge in [0.1, 0.15) is 5.60 Å². The molecule has 2 N–H and O–H groups in total. The minimum absolute atomic E-state index is 0.100. The molecule has 0 bridgehead atoms. The van der Waals surface area contributed by atoms with Gasteiger partial charge in [0.15, 0.2) is 0 Å². The minimum Gasteiger partial charge on any atom is -0.444 e. The van der Waals surface area contributed by atoms with Gasteiger partial charge < -0.3 is 20.3 Å². The molecular weight excluding hydrogens is 294 g/mol. The summed E-state index contributed by atoms with van der Waals surface area (Å²) >= 11 is 0. The molecule has 0 spiro atoms. The molecule has 0 atom stereocenters. The fourth-order valence-corrected chi connectivity index (χ4v) is 2.60. The van der Waals surface area contributed by atoms with Gasteiger partial charge in [-0.05, 0) is 59.3 Å². The van der Waals surface area contributed by atoms with Crippen molar-refractivity contribution >= 4 is 12.1 Å². The molecule has 6 heteroatoms. The van der Waals surface area contributed by atoms with Crippen molar-refractivity contribution in [2.24, 2.45) is 5.92 Å². The molecule has 0 aromatic carbocycles. The van der Waals surface area contributed by atoms with Gasteiger partial charge in [-0.3, -0.25) is 0 Å². The van der Waals surface area contributed by atoms with Crippen LogP contribution in [0.5, 0.6) is 0 Å². The zero-order chi connectivity index (χ0) is 17.0. The summed E-state index contributed by atoms with van der Waals surface area (Å²) in [6, 6.07) is -0.0657. The smallest absolute Gasteiger partial charge is 0.410 e. The second-order valence-corrected chi connectivity index (χ2v) is 7.52. The maximum absolute atomic E-state index is 12.0. The molecule has 2 rings (SSSR count). The number of urea groups is 1. The summed E-state index contributed by atoms with van der Waals surface area (Å²) in [7, 11) is 0. The molecular formula is C17H29N3O3. The maximum atomic E-state index is 12.0. The highest BCUT2D eigenvalue weighted by Crippen LogP contribution is 2.35. The van der Waals surface area contributed by atoms with Crippen LogP contribution in [0.2, 0.25) is 0 Å². The number of hydrogen-bond donors (Lipinski definition) is 2. The SMILES string of the molecule is C/C(=C\NC(=O)NC1CCN(C(=O)OC(C)(C)C)CC1)C1CC1. The Morgan fingerprint density at radius 2 is 1.74 bits per heavy atom. The Bertz CT molecular complexity index is 470. The normalized spacial score (nSPS) is 20.2. The summed E-state index contributed by atoms with van der Waals surface area (Å²) < 4.78 is 5.37. The number of hydrogen-bond acceptors (Lipinski definition) is 3. The van der Waals surface area contributed by atoms with Crippen LogP contribution < -0.4 is 10.6 Å². The molecule has 1 saturated carbocycles. The van der Waals surface area contributed by atoms with Crippen molar-refractivity contribution in [1.29, 1.82) is 0 Å². The number of carbonyl (C=O) groups is 2. The summed E-state index contributed by atoms with van der Waals surface area (Å²) in [5.74, 6) is 0.660. The Morgan fingerprint density at radius 1 is 1.13 bits per heavy atom. The summed E-state index contributed by atoms with van der Waals surface area (Å²) in [6.07, 6.45) is 5.49. The van der Waals surface area contributed by atoms with Gasteiger partial charge in [0.25, 0.3) is 0 Å². The molecule has 2 fully saturated rings. The average molecular weight is 323 g/mol. The van der Waals surface area contributed by atoms with Crippen molar-refractivity contribution in [3.05, 3.63) is 11.8 Å². The number of nitrogens with zero attached hydrogens (tertiary/aromatic N) is 1. The van der Waals surface area contributed by atoms with Gasteiger partial charge in [-0.1, -0.05) is 5.57 Å². The van der Waals surface area contributed by atoms with Crippen LogP contribution in [0.3, 0.4) is 0 Å². The third kappa shape index (κ3) is 6.12. The predicted octanol–water partition coefficient (Wildman–Crippen LogP) is 3.00. The number of piperidine rings is 1. The van der Waals surface area contributed by atoms with E-state index in [0.29, 0.717) is 19.0 Å². The lowest BCUT2D eigenvalue weighted by Crippen LogP contribution is -2.49. The van der Waals surface area contributed by atoms with E-state index in [1.807, 2.05) is 27.0 Å². The molecule has 0 aromatic rings. The first-order chi connectivity index (χ1) is 10.7. The van der Waals surface area contributed by atoms with Crippen LogP contribution in [0, 0.1) is 5.92 Å². The monoisotopic (exact) mass is 323 g/mol. The third-order valence-electron chi connectivity index (χ3n) is 4.13. The van der Waals surface area contributed by atoms with Crippen LogP contribution in [0.1, 0.15) is 53.4 Å². The number of carbonyl (C=O) groups excluding carboxylic acids is 2. The Kier molecular flexibility index (Phi) is 5.55. The molecule has 23 heavy (non-hydrogen) atoms. The zero-order valence-electron chi connectivity index (χ0n) is 14.6. The van der Waals surface area contributed by atoms with Crippen LogP contribution in [0.25, 0.3) is 0 Å². The van der Waals surface area contributed by atoms with E-state index in [4.69, 9.17) is 4.74 Å². The molecule has 3 amide bonds. The highest BCUT2D eigenvalue weighted by molar-refractivity contribution is 5.75. The highest BCUT2D eigenvalue weighted by atomic mass is 16.6. The second-order valence-electron chi connectivity index (χ2n) is 7.52. The predicted molar refractivity (Wildman–Crippen MR) is 89.0 cm³/mol. The summed E-state index contributed by atoms with van der Waals surface area (Å²) in [4.78, 5) is 25.6. The van der Waals surface area contributed by atoms with E-state index < -0.39 is 5.60 Å². The van der Waals surface area contributed by atoms with E-state index in [-0.39, 0.29) is 18.2 Å². The van der Waals surface area contributed by atoms with Crippen LogP contribution in [-0.4, -0.2) is 41.8 Å². The van der Waals surface area contributed by atoms with E-state index in [1.54, 1.807) is 4.90 Å². The van der Waals surface area contributed by atoms with E-state index in [2.05, 4.69) is 17.6 Å². The van der Waals surface area contributed by atoms with Gasteiger partial charge in [0, 0.05) is 25.3 Å². The average Bonchev–Trinajstić information content (AvgIpc) is 3.28. The second kappa shape index (κ2) is 7.23. The first-order valence-electron chi connectivity index (χ1n) is 8.46. The molecule has 0 aromatic heterocycles. The number of amides is 3. The molecule has 1 aliphatic carbocycles. The molecule has 1 aliphatic heterocycles. The first-order valence-corrected chi connectivity index (χ1v) is 8.46. The van der Waals surface area contributed by atoms with Crippen molar-refractivity contribution in [2.45, 2.75) is 65.0 Å². The van der Waals surface area contributed by atoms with Crippen LogP contribution >= 0.6 is 0 Å². The van der Waals surface area contributed by atoms with Crippen LogP contribution in [0.4, 0.5) is 9.59 Å². The van der Waals surface area contributed by atoms with Crippen molar-refractivity contribution in [1.82, 2.24) is 15.5 Å². The minimum atomic E-state index is -0.474. The fourth-order valence-electron chi connectivity index (χ4n) is 2.60. The van der Waals surface area contributed by atoms with Gasteiger partial charge in [0.2, 0.25) is 0 Å². The van der Waals surface area contributed by atoms with E-state index in [0.717, 1.165) is 12.8 Å². The Morgan fingerprint density at radius 3 is 2.26 bits per heavy atom.